The van der Waals surface area contributed by atoms with E-state index in [-0.39, 0.29) is 52.4 Å². The van der Waals surface area contributed by atoms with Gasteiger partial charge in [-0.15, -0.1) is 0 Å². The molecule has 5 aliphatic rings. The molecule has 1 heterocycles. The van der Waals surface area contributed by atoms with Crippen LogP contribution in [0.4, 0.5) is 0 Å². The molecule has 1 aliphatic heterocycles. The first-order valence-electron chi connectivity index (χ1n) is 16.0. The lowest BCUT2D eigenvalue weighted by Crippen LogP contribution is -2.44. The molecule has 240 valence electrons. The summed E-state index contributed by atoms with van der Waals surface area (Å²) < 4.78 is 51.3. The molecule has 4 aliphatic carbocycles. The molecule has 0 radical (unpaired) electrons. The summed E-state index contributed by atoms with van der Waals surface area (Å²) in [6, 6.07) is 2.62. The van der Waals surface area contributed by atoms with Crippen molar-refractivity contribution in [3.63, 3.8) is 0 Å². The maximum Gasteiger partial charge on any atom is 0.315 e. The third-order valence-electron chi connectivity index (χ3n) is 10.9. The molecule has 0 aromatic heterocycles. The third-order valence-corrected chi connectivity index (χ3v) is 11.7. The second kappa shape index (κ2) is 11.5. The van der Waals surface area contributed by atoms with Gasteiger partial charge in [-0.1, -0.05) is 40.5 Å². The van der Waals surface area contributed by atoms with Gasteiger partial charge in [0.1, 0.15) is 23.7 Å². The van der Waals surface area contributed by atoms with Gasteiger partial charge in [0.15, 0.2) is 0 Å². The van der Waals surface area contributed by atoms with Crippen LogP contribution in [0.3, 0.4) is 0 Å². The molecule has 4 saturated carbocycles. The summed E-state index contributed by atoms with van der Waals surface area (Å²) in [4.78, 5) is 52.6. The average molecular weight is 631 g/mol. The fourth-order valence-electron chi connectivity index (χ4n) is 8.79. The van der Waals surface area contributed by atoms with Crippen LogP contribution < -0.4 is 4.74 Å². The number of esters is 3. The lowest BCUT2D eigenvalue weighted by molar-refractivity contribution is -0.164. The van der Waals surface area contributed by atoms with Crippen molar-refractivity contribution >= 4 is 33.8 Å². The summed E-state index contributed by atoms with van der Waals surface area (Å²) in [5, 5.41) is 0. The van der Waals surface area contributed by atoms with E-state index in [1.54, 1.807) is 0 Å². The molecule has 5 fully saturated rings. The zero-order valence-corrected chi connectivity index (χ0v) is 26.5. The van der Waals surface area contributed by atoms with E-state index in [1.807, 2.05) is 27.7 Å². The maximum atomic E-state index is 13.9. The predicted octanol–water partition coefficient (Wildman–Crippen LogP) is 4.98. The summed E-state index contributed by atoms with van der Waals surface area (Å²) in [7, 11) is -4.50. The van der Waals surface area contributed by atoms with Gasteiger partial charge in [-0.25, -0.2) is 0 Å². The van der Waals surface area contributed by atoms with Crippen LogP contribution in [0.1, 0.15) is 102 Å². The third kappa shape index (κ3) is 5.48. The van der Waals surface area contributed by atoms with Gasteiger partial charge in [0, 0.05) is 30.1 Å². The van der Waals surface area contributed by atoms with E-state index in [0.717, 1.165) is 32.1 Å². The molecule has 1 saturated heterocycles. The molecular formula is C33H42O10S. The molecule has 1 N–H and O–H groups in total. The van der Waals surface area contributed by atoms with Gasteiger partial charge >= 0.3 is 17.9 Å². The number of benzene rings is 1. The second-order valence-electron chi connectivity index (χ2n) is 14.2. The zero-order chi connectivity index (χ0) is 31.7. The average Bonchev–Trinajstić information content (AvgIpc) is 3.57. The summed E-state index contributed by atoms with van der Waals surface area (Å²) in [5.41, 5.74) is 0.883. The number of ether oxygens (including phenoxy) is 3. The minimum Gasteiger partial charge on any atom is -0.458 e. The Bertz CT molecular complexity index is 1450. The number of fused-ring (bicyclic) bond motifs is 3. The monoisotopic (exact) mass is 630 g/mol. The van der Waals surface area contributed by atoms with Crippen molar-refractivity contribution in [3.8, 4) is 5.75 Å². The number of carbonyl (C=O) groups excluding carboxylic acids is 4. The Morgan fingerprint density at radius 2 is 1.68 bits per heavy atom. The Balaban J connectivity index is 1.19. The number of Topliss-reactive ketones (excluding diaryl/α,β-unsaturated/α-hetero) is 1. The summed E-state index contributed by atoms with van der Waals surface area (Å²) in [5.74, 6) is -3.38. The molecule has 6 rings (SSSR count). The molecular weight excluding hydrogens is 588 g/mol. The fraction of sp³-hybridized carbons (Fsp3) is 0.697. The lowest BCUT2D eigenvalue weighted by Gasteiger charge is -2.37. The van der Waals surface area contributed by atoms with E-state index in [4.69, 9.17) is 14.2 Å². The molecule has 44 heavy (non-hydrogen) atoms. The van der Waals surface area contributed by atoms with Crippen LogP contribution in [0.2, 0.25) is 0 Å². The number of ketones is 1. The molecule has 0 amide bonds. The molecule has 4 bridgehead atoms. The first-order chi connectivity index (χ1) is 20.7. The van der Waals surface area contributed by atoms with Gasteiger partial charge in [-0.05, 0) is 73.1 Å². The summed E-state index contributed by atoms with van der Waals surface area (Å²) >= 11 is 0. The highest BCUT2D eigenvalue weighted by atomic mass is 32.2. The van der Waals surface area contributed by atoms with Gasteiger partial charge < -0.3 is 14.2 Å². The van der Waals surface area contributed by atoms with Gasteiger partial charge in [0.25, 0.3) is 10.1 Å². The molecule has 9 atom stereocenters. The minimum absolute atomic E-state index is 0.0958. The van der Waals surface area contributed by atoms with E-state index in [2.05, 4.69) is 0 Å². The van der Waals surface area contributed by atoms with Crippen molar-refractivity contribution < 1.29 is 46.4 Å². The van der Waals surface area contributed by atoms with Crippen molar-refractivity contribution in [3.05, 3.63) is 23.3 Å². The van der Waals surface area contributed by atoms with E-state index >= 15 is 0 Å². The van der Waals surface area contributed by atoms with Gasteiger partial charge in [0.2, 0.25) is 0 Å². The van der Waals surface area contributed by atoms with Crippen molar-refractivity contribution in [1.29, 1.82) is 0 Å². The zero-order valence-electron chi connectivity index (χ0n) is 25.7. The van der Waals surface area contributed by atoms with Gasteiger partial charge in [-0.3, -0.25) is 23.7 Å². The van der Waals surface area contributed by atoms with Crippen molar-refractivity contribution in [1.82, 2.24) is 0 Å². The quantitative estimate of drug-likeness (QED) is 0.225. The number of rotatable bonds is 9. The lowest BCUT2D eigenvalue weighted by atomic mass is 9.66. The molecule has 0 spiro atoms. The topological polar surface area (TPSA) is 150 Å². The largest absolute Gasteiger partial charge is 0.458 e. The molecule has 11 heteroatoms. The maximum absolute atomic E-state index is 13.9. The van der Waals surface area contributed by atoms with Crippen LogP contribution in [-0.2, 0) is 38.8 Å². The van der Waals surface area contributed by atoms with Gasteiger partial charge in [-0.2, -0.15) is 8.42 Å². The highest BCUT2D eigenvalue weighted by Crippen LogP contribution is 2.59. The Morgan fingerprint density at radius 1 is 1.00 bits per heavy atom. The number of hydrogen-bond donors (Lipinski definition) is 1. The van der Waals surface area contributed by atoms with Crippen LogP contribution in [0.25, 0.3) is 0 Å². The smallest absolute Gasteiger partial charge is 0.315 e. The Morgan fingerprint density at radius 3 is 2.32 bits per heavy atom. The summed E-state index contributed by atoms with van der Waals surface area (Å²) in [6.45, 7) is 7.29. The molecule has 10 nitrogen and oxygen atoms in total. The van der Waals surface area contributed by atoms with E-state index < -0.39 is 58.0 Å². The van der Waals surface area contributed by atoms with Crippen molar-refractivity contribution in [2.24, 2.45) is 41.4 Å². The first kappa shape index (κ1) is 31.2. The molecule has 1 aromatic carbocycles. The standard InChI is InChI=1S/C33H42O10S/c1-15(2)21-12-20(44(38,39)40)13-22(16(3)4)29(21)42-32(36)26-23-14-24-27(26)33(37)43-31(24)30(23)41-25(34)9-8-19-11-17-6-5-7-18(10-17)28(19)35/h12-13,15-19,23-24,26-27,30-31H,5-11,14H2,1-4H3,(H,38,39,40). The number of carbonyl (C=O) groups is 4. The Hall–Kier alpha value is -2.79. The number of hydrogen-bond acceptors (Lipinski definition) is 9. The second-order valence-corrected chi connectivity index (χ2v) is 15.6. The van der Waals surface area contributed by atoms with Crippen LogP contribution in [0.15, 0.2) is 17.0 Å². The SMILES string of the molecule is CC(C)c1cc(S(=O)(=O)O)cc(C(C)C)c1OC(=O)C1C2CC3C(OC(=O)C31)C2OC(=O)CCC1CC2CCCC(C2)C1=O. The Kier molecular flexibility index (Phi) is 8.18. The fourth-order valence-corrected chi connectivity index (χ4v) is 9.34. The highest BCUT2D eigenvalue weighted by Gasteiger charge is 2.70. The van der Waals surface area contributed by atoms with Crippen LogP contribution >= 0.6 is 0 Å². The predicted molar refractivity (Wildman–Crippen MR) is 156 cm³/mol. The van der Waals surface area contributed by atoms with Crippen LogP contribution in [0, 0.1) is 41.4 Å². The van der Waals surface area contributed by atoms with Gasteiger partial charge in [0.05, 0.1) is 16.7 Å². The molecule has 9 unspecified atom stereocenters. The minimum atomic E-state index is -4.50. The van der Waals surface area contributed by atoms with E-state index in [0.29, 0.717) is 29.9 Å². The van der Waals surface area contributed by atoms with Crippen LogP contribution in [-0.4, -0.2) is 48.9 Å². The van der Waals surface area contributed by atoms with Crippen molar-refractivity contribution in [2.45, 2.75) is 108 Å². The summed E-state index contributed by atoms with van der Waals surface area (Å²) in [6.07, 6.45) is 4.62. The van der Waals surface area contributed by atoms with E-state index in [9.17, 15) is 32.1 Å². The van der Waals surface area contributed by atoms with Crippen molar-refractivity contribution in [2.75, 3.05) is 0 Å². The van der Waals surface area contributed by atoms with Crippen LogP contribution in [0.5, 0.6) is 5.75 Å². The highest BCUT2D eigenvalue weighted by molar-refractivity contribution is 7.85. The normalized spacial score (nSPS) is 34.0. The molecule has 1 aromatic rings. The first-order valence-corrected chi connectivity index (χ1v) is 17.5. The Labute approximate surface area is 258 Å². The van der Waals surface area contributed by atoms with E-state index in [1.165, 1.54) is 12.1 Å².